The predicted octanol–water partition coefficient (Wildman–Crippen LogP) is 6.29. The lowest BCUT2D eigenvalue weighted by Gasteiger charge is -2.43. The second kappa shape index (κ2) is 18.0. The van der Waals surface area contributed by atoms with Gasteiger partial charge < -0.3 is 9.64 Å². The van der Waals surface area contributed by atoms with Crippen LogP contribution in [0.3, 0.4) is 0 Å². The van der Waals surface area contributed by atoms with E-state index in [0.29, 0.717) is 68.5 Å². The highest BCUT2D eigenvalue weighted by molar-refractivity contribution is 7.81. The van der Waals surface area contributed by atoms with Crippen LogP contribution in [-0.2, 0) is 44.6 Å². The monoisotopic (exact) mass is 865 g/mol. The number of ether oxygens (including phenoxy) is 1. The standard InChI is InChI=1S/C43H47ClF3N7O5S/c1-6-29-18-34(54-41(60)53(40(58)42(54,4)5)33-9-7-31(20-48)36(19-33)43(45,46)47)21-49-39(29)59-12-11-51-22-26(3)52(23-25(51)2)24-35(55)17-28-13-27(15-32(44)16-28)14-30-8-10-37(56)50-38(30)57/h7,9,13,15-16,18-19,21,25-26,30H,6,8,10-12,14,17,22-24H2,1-5H3,(H,50,56,57)/t25-,26-,30?/m1/s1. The summed E-state index contributed by atoms with van der Waals surface area (Å²) in [6.45, 7) is 12.0. The van der Waals surface area contributed by atoms with Crippen molar-refractivity contribution in [1.29, 1.82) is 5.26 Å². The third-order valence-electron chi connectivity index (χ3n) is 11.4. The van der Waals surface area contributed by atoms with Crippen molar-refractivity contribution in [2.45, 2.75) is 90.5 Å². The number of Topliss-reactive ketones (excluding diaryl/α,β-unsaturated/α-hetero) is 1. The fourth-order valence-corrected chi connectivity index (χ4v) is 8.98. The van der Waals surface area contributed by atoms with Crippen molar-refractivity contribution in [2.75, 3.05) is 42.6 Å². The van der Waals surface area contributed by atoms with Gasteiger partial charge in [0.05, 0.1) is 41.3 Å². The van der Waals surface area contributed by atoms with E-state index in [4.69, 9.17) is 28.6 Å². The van der Waals surface area contributed by atoms with Crippen molar-refractivity contribution in [1.82, 2.24) is 20.1 Å². The Morgan fingerprint density at radius 3 is 2.43 bits per heavy atom. The number of alkyl halides is 3. The maximum Gasteiger partial charge on any atom is 0.417 e. The van der Waals surface area contributed by atoms with E-state index in [-0.39, 0.29) is 59.4 Å². The van der Waals surface area contributed by atoms with Crippen LogP contribution in [0, 0.1) is 17.2 Å². The maximum absolute atomic E-state index is 13.8. The first kappa shape index (κ1) is 44.6. The van der Waals surface area contributed by atoms with Crippen LogP contribution in [0.1, 0.15) is 75.3 Å². The number of imide groups is 1. The van der Waals surface area contributed by atoms with Crippen LogP contribution in [-0.4, -0.2) is 93.8 Å². The molecule has 3 saturated heterocycles. The lowest BCUT2D eigenvalue weighted by molar-refractivity contribution is -0.138. The zero-order valence-electron chi connectivity index (χ0n) is 34.1. The number of benzene rings is 2. The number of aromatic nitrogens is 1. The SMILES string of the molecule is CCc1cc(N2C(=S)N(c3ccc(C#N)c(C(F)(F)F)c3)C(=O)C2(C)C)cnc1OCCN1C[C@@H](C)N(CC(=O)Cc2cc(Cl)cc(CC3CCC(=O)NC3=O)c2)C[C@H]1C. The van der Waals surface area contributed by atoms with Crippen molar-refractivity contribution >= 4 is 63.8 Å². The molecule has 0 saturated carbocycles. The number of carbonyl (C=O) groups excluding carboxylic acids is 4. The summed E-state index contributed by atoms with van der Waals surface area (Å²) in [5.74, 6) is -0.919. The van der Waals surface area contributed by atoms with Gasteiger partial charge in [-0.25, -0.2) is 4.98 Å². The number of aryl methyl sites for hydroxylation is 1. The predicted molar refractivity (Wildman–Crippen MR) is 224 cm³/mol. The molecule has 6 rings (SSSR count). The summed E-state index contributed by atoms with van der Waals surface area (Å²) in [6, 6.07) is 12.2. The van der Waals surface area contributed by atoms with E-state index in [0.717, 1.165) is 33.7 Å². The number of piperazine rings is 1. The Hall–Kier alpha value is -4.95. The van der Waals surface area contributed by atoms with E-state index in [2.05, 4.69) is 33.9 Å². The first-order valence-electron chi connectivity index (χ1n) is 19.8. The average Bonchev–Trinajstić information content (AvgIpc) is 3.35. The molecule has 3 fully saturated rings. The Morgan fingerprint density at radius 1 is 1.05 bits per heavy atom. The Morgan fingerprint density at radius 2 is 1.75 bits per heavy atom. The van der Waals surface area contributed by atoms with E-state index in [1.807, 2.05) is 19.1 Å². The number of hydrogen-bond acceptors (Lipinski definition) is 10. The molecule has 0 radical (unpaired) electrons. The number of pyridine rings is 1. The number of thiocarbonyl (C=S) groups is 1. The molecule has 4 heterocycles. The van der Waals surface area contributed by atoms with E-state index in [9.17, 15) is 37.6 Å². The van der Waals surface area contributed by atoms with Gasteiger partial charge in [-0.05, 0) is 107 Å². The molecule has 0 aliphatic carbocycles. The number of nitrogens with one attached hydrogen (secondary N) is 1. The van der Waals surface area contributed by atoms with Gasteiger partial charge in [0, 0.05) is 61.1 Å². The molecule has 1 N–H and O–H groups in total. The lowest BCUT2D eigenvalue weighted by Crippen LogP contribution is -2.58. The summed E-state index contributed by atoms with van der Waals surface area (Å²) >= 11 is 12.1. The van der Waals surface area contributed by atoms with Crippen molar-refractivity contribution in [3.05, 3.63) is 81.5 Å². The van der Waals surface area contributed by atoms with Crippen LogP contribution in [0.15, 0.2) is 48.7 Å². The topological polar surface area (TPSA) is 139 Å². The number of carbonyl (C=O) groups is 4. The van der Waals surface area contributed by atoms with Gasteiger partial charge in [0.15, 0.2) is 10.9 Å². The normalized spacial score (nSPS) is 21.3. The second-order valence-electron chi connectivity index (χ2n) is 16.2. The van der Waals surface area contributed by atoms with E-state index >= 15 is 0 Å². The molecule has 3 aliphatic heterocycles. The molecular weight excluding hydrogens is 819 g/mol. The number of anilines is 2. The number of amides is 3. The van der Waals surface area contributed by atoms with Crippen molar-refractivity contribution < 1.29 is 37.1 Å². The number of ketones is 1. The maximum atomic E-state index is 13.8. The van der Waals surface area contributed by atoms with Gasteiger partial charge in [-0.1, -0.05) is 24.6 Å². The Balaban J connectivity index is 1.04. The quantitative estimate of drug-likeness (QED) is 0.153. The van der Waals surface area contributed by atoms with E-state index in [1.54, 1.807) is 36.9 Å². The first-order chi connectivity index (χ1) is 28.3. The van der Waals surface area contributed by atoms with Gasteiger partial charge in [0.1, 0.15) is 12.1 Å². The zero-order chi connectivity index (χ0) is 43.7. The number of hydrogen-bond donors (Lipinski definition) is 1. The van der Waals surface area contributed by atoms with Crippen LogP contribution in [0.25, 0.3) is 0 Å². The zero-order valence-corrected chi connectivity index (χ0v) is 35.6. The van der Waals surface area contributed by atoms with Crippen LogP contribution in [0.2, 0.25) is 5.02 Å². The summed E-state index contributed by atoms with van der Waals surface area (Å²) in [7, 11) is 0. The molecule has 1 unspecified atom stereocenters. The minimum atomic E-state index is -4.81. The van der Waals surface area contributed by atoms with E-state index in [1.165, 1.54) is 12.3 Å². The van der Waals surface area contributed by atoms with Crippen LogP contribution in [0.4, 0.5) is 24.5 Å². The molecule has 2 aromatic carbocycles. The van der Waals surface area contributed by atoms with Crippen molar-refractivity contribution in [2.24, 2.45) is 5.92 Å². The lowest BCUT2D eigenvalue weighted by atomic mass is 9.90. The molecule has 0 spiro atoms. The highest BCUT2D eigenvalue weighted by Gasteiger charge is 2.51. The van der Waals surface area contributed by atoms with Gasteiger partial charge in [0.2, 0.25) is 17.7 Å². The number of nitriles is 1. The molecule has 3 amide bonds. The Kier molecular flexibility index (Phi) is 13.3. The number of nitrogens with zero attached hydrogens (tertiary/aromatic N) is 6. The van der Waals surface area contributed by atoms with Crippen molar-refractivity contribution in [3.8, 4) is 11.9 Å². The highest BCUT2D eigenvalue weighted by atomic mass is 35.5. The van der Waals surface area contributed by atoms with Gasteiger partial charge in [-0.2, -0.15) is 18.4 Å². The van der Waals surface area contributed by atoms with E-state index < -0.39 is 28.7 Å². The third kappa shape index (κ3) is 9.65. The molecule has 3 aliphatic rings. The number of rotatable bonds is 13. The fourth-order valence-electron chi connectivity index (χ4n) is 8.18. The molecule has 0 bridgehead atoms. The molecule has 3 aromatic rings. The molecule has 1 aromatic heterocycles. The van der Waals surface area contributed by atoms with Crippen LogP contribution < -0.4 is 19.9 Å². The number of piperidine rings is 1. The minimum Gasteiger partial charge on any atom is -0.476 e. The summed E-state index contributed by atoms with van der Waals surface area (Å²) < 4.78 is 47.6. The smallest absolute Gasteiger partial charge is 0.417 e. The molecule has 318 valence electrons. The van der Waals surface area contributed by atoms with Crippen LogP contribution >= 0.6 is 23.8 Å². The molecular formula is C43H47ClF3N7O5S. The number of halogens is 4. The third-order valence-corrected chi connectivity index (χ3v) is 12.0. The van der Waals surface area contributed by atoms with Gasteiger partial charge >= 0.3 is 6.18 Å². The summed E-state index contributed by atoms with van der Waals surface area (Å²) in [5, 5.41) is 12.1. The molecule has 60 heavy (non-hydrogen) atoms. The summed E-state index contributed by atoms with van der Waals surface area (Å²) in [6.07, 6.45) is -1.31. The van der Waals surface area contributed by atoms with Gasteiger partial charge in [0.25, 0.3) is 5.91 Å². The van der Waals surface area contributed by atoms with Gasteiger partial charge in [-0.15, -0.1) is 0 Å². The molecule has 12 nitrogen and oxygen atoms in total. The minimum absolute atomic E-state index is 0.0232. The Labute approximate surface area is 357 Å². The van der Waals surface area contributed by atoms with Crippen molar-refractivity contribution in [3.63, 3.8) is 0 Å². The Bertz CT molecular complexity index is 2250. The average molecular weight is 866 g/mol. The second-order valence-corrected chi connectivity index (χ2v) is 17.0. The first-order valence-corrected chi connectivity index (χ1v) is 20.6. The fraction of sp³-hybridized carbons (Fsp3) is 0.465. The van der Waals surface area contributed by atoms with Crippen LogP contribution in [0.5, 0.6) is 5.88 Å². The summed E-state index contributed by atoms with van der Waals surface area (Å²) in [5.41, 5.74) is -0.206. The molecule has 3 atom stereocenters. The molecule has 17 heteroatoms. The van der Waals surface area contributed by atoms with Gasteiger partial charge in [-0.3, -0.25) is 39.2 Å². The largest absolute Gasteiger partial charge is 0.476 e. The summed E-state index contributed by atoms with van der Waals surface area (Å²) in [4.78, 5) is 62.6. The highest BCUT2D eigenvalue weighted by Crippen LogP contribution is 2.40.